The van der Waals surface area contributed by atoms with Gasteiger partial charge in [-0.3, -0.25) is 19.4 Å². The fourth-order valence-electron chi connectivity index (χ4n) is 4.16. The number of rotatable bonds is 7. The van der Waals surface area contributed by atoms with Crippen LogP contribution in [-0.2, 0) is 24.0 Å². The first kappa shape index (κ1) is 26.4. The number of hydrogen-bond acceptors (Lipinski definition) is 12. The molecule has 0 spiro atoms. The first-order valence-corrected chi connectivity index (χ1v) is 13.5. The third kappa shape index (κ3) is 5.66. The van der Waals surface area contributed by atoms with Crippen molar-refractivity contribution >= 4 is 51.7 Å². The Hall–Kier alpha value is -2.68. The van der Waals surface area contributed by atoms with Gasteiger partial charge < -0.3 is 25.9 Å². The van der Waals surface area contributed by atoms with E-state index in [2.05, 4.69) is 25.7 Å². The second-order valence-corrected chi connectivity index (χ2v) is 11.5. The zero-order valence-corrected chi connectivity index (χ0v) is 22.3. The Morgan fingerprint density at radius 2 is 2.06 bits per heavy atom. The Morgan fingerprint density at radius 1 is 1.33 bits per heavy atom. The predicted octanol–water partition coefficient (Wildman–Crippen LogP) is -0.0233. The number of piperazine rings is 1. The fraction of sp³-hybridized carbons (Fsp3) is 0.591. The Bertz CT molecular complexity index is 1090. The van der Waals surface area contributed by atoms with Crippen LogP contribution in [0.2, 0.25) is 0 Å². The molecule has 196 valence electrons. The van der Waals surface area contributed by atoms with Gasteiger partial charge in [0.05, 0.1) is 0 Å². The lowest BCUT2D eigenvalue weighted by Gasteiger charge is -2.50. The third-order valence-electron chi connectivity index (χ3n) is 5.71. The maximum atomic E-state index is 13.3. The van der Waals surface area contributed by atoms with E-state index in [1.165, 1.54) is 23.8 Å². The van der Waals surface area contributed by atoms with Gasteiger partial charge in [0.15, 0.2) is 10.8 Å². The first-order chi connectivity index (χ1) is 17.1. The number of nitrogen functional groups attached to an aromatic ring is 1. The van der Waals surface area contributed by atoms with Crippen molar-refractivity contribution in [3.63, 3.8) is 0 Å². The summed E-state index contributed by atoms with van der Waals surface area (Å²) in [5.74, 6) is -0.986. The number of thioether (sulfide) groups is 1. The van der Waals surface area contributed by atoms with Crippen LogP contribution in [0.4, 0.5) is 5.13 Å². The number of thiazole rings is 1. The van der Waals surface area contributed by atoms with Gasteiger partial charge in [0.1, 0.15) is 35.5 Å². The SMILES string of the molecule is CO/N=C(/C(=O)N[C@@H]1C(=O)N2C(C(=O)OC(C)(C)C)=C(CN3CCNCC3)CS[C@H]12)c1csc(N)n1. The normalized spacial score (nSPS) is 23.2. The maximum Gasteiger partial charge on any atom is 0.355 e. The van der Waals surface area contributed by atoms with E-state index in [0.29, 0.717) is 12.3 Å². The molecule has 2 fully saturated rings. The monoisotopic (exact) mass is 537 g/mol. The average molecular weight is 538 g/mol. The van der Waals surface area contributed by atoms with E-state index in [-0.39, 0.29) is 28.1 Å². The van der Waals surface area contributed by atoms with Crippen LogP contribution >= 0.6 is 23.1 Å². The summed E-state index contributed by atoms with van der Waals surface area (Å²) >= 11 is 2.67. The van der Waals surface area contributed by atoms with E-state index >= 15 is 0 Å². The summed E-state index contributed by atoms with van der Waals surface area (Å²) in [4.78, 5) is 52.2. The highest BCUT2D eigenvalue weighted by atomic mass is 32.2. The molecule has 4 rings (SSSR count). The number of aromatic nitrogens is 1. The summed E-state index contributed by atoms with van der Waals surface area (Å²) < 4.78 is 5.67. The van der Waals surface area contributed by atoms with Crippen molar-refractivity contribution in [3.8, 4) is 0 Å². The van der Waals surface area contributed by atoms with E-state index in [1.54, 1.807) is 26.2 Å². The van der Waals surface area contributed by atoms with Crippen molar-refractivity contribution in [1.82, 2.24) is 25.4 Å². The molecule has 0 unspecified atom stereocenters. The Morgan fingerprint density at radius 3 is 2.67 bits per heavy atom. The lowest BCUT2D eigenvalue weighted by molar-refractivity contribution is -0.158. The Labute approximate surface area is 217 Å². The number of carbonyl (C=O) groups excluding carboxylic acids is 3. The highest BCUT2D eigenvalue weighted by Crippen LogP contribution is 2.41. The summed E-state index contributed by atoms with van der Waals surface area (Å²) in [6, 6.07) is -0.835. The molecule has 14 heteroatoms. The molecule has 0 aromatic carbocycles. The number of nitrogens with two attached hydrogens (primary N) is 1. The van der Waals surface area contributed by atoms with Crippen molar-refractivity contribution in [3.05, 3.63) is 22.3 Å². The standard InChI is InChI=1S/C22H31N7O5S2/c1-22(2,3)34-20(32)16-12(9-28-7-5-24-6-8-28)10-35-19-15(18(31)29(16)19)26-17(30)14(27-33-4)13-11-36-21(23)25-13/h11,15,19,24H,5-10H2,1-4H3,(H2,23,25)(H,26,30)/b27-14+/t15-,19-/m1/s1. The van der Waals surface area contributed by atoms with Crippen LogP contribution < -0.4 is 16.4 Å². The number of nitrogens with one attached hydrogen (secondary N) is 2. The molecule has 0 aliphatic carbocycles. The van der Waals surface area contributed by atoms with Crippen molar-refractivity contribution in [1.29, 1.82) is 0 Å². The first-order valence-electron chi connectivity index (χ1n) is 11.6. The quantitative estimate of drug-likeness (QED) is 0.187. The number of hydrogen-bond donors (Lipinski definition) is 3. The minimum absolute atomic E-state index is 0.0835. The van der Waals surface area contributed by atoms with E-state index in [4.69, 9.17) is 15.3 Å². The predicted molar refractivity (Wildman–Crippen MR) is 137 cm³/mol. The Kier molecular flexibility index (Phi) is 7.87. The Balaban J connectivity index is 1.55. The molecular weight excluding hydrogens is 506 g/mol. The van der Waals surface area contributed by atoms with Crippen molar-refractivity contribution in [2.75, 3.05) is 51.3 Å². The molecule has 36 heavy (non-hydrogen) atoms. The lowest BCUT2D eigenvalue weighted by atomic mass is 10.0. The van der Waals surface area contributed by atoms with Gasteiger partial charge in [-0.05, 0) is 26.3 Å². The molecule has 4 heterocycles. The summed E-state index contributed by atoms with van der Waals surface area (Å²) in [6.45, 7) is 9.41. The molecule has 0 bridgehead atoms. The van der Waals surface area contributed by atoms with Gasteiger partial charge >= 0.3 is 5.97 Å². The summed E-state index contributed by atoms with van der Waals surface area (Å²) in [7, 11) is 1.31. The largest absolute Gasteiger partial charge is 0.455 e. The van der Waals surface area contributed by atoms with Crippen molar-refractivity contribution in [2.24, 2.45) is 5.16 Å². The van der Waals surface area contributed by atoms with E-state index in [9.17, 15) is 14.4 Å². The third-order valence-corrected chi connectivity index (χ3v) is 7.73. The number of carbonyl (C=O) groups is 3. The van der Waals surface area contributed by atoms with Gasteiger partial charge in [0.2, 0.25) is 0 Å². The molecule has 3 aliphatic rings. The minimum Gasteiger partial charge on any atom is -0.455 e. The second-order valence-electron chi connectivity index (χ2n) is 9.53. The van der Waals surface area contributed by atoms with E-state index in [0.717, 1.165) is 43.1 Å². The topological polar surface area (TPSA) is 151 Å². The smallest absolute Gasteiger partial charge is 0.355 e. The number of amides is 2. The van der Waals surface area contributed by atoms with Gasteiger partial charge in [-0.25, -0.2) is 9.78 Å². The van der Waals surface area contributed by atoms with Gasteiger partial charge in [-0.2, -0.15) is 0 Å². The minimum atomic E-state index is -0.835. The maximum absolute atomic E-state index is 13.3. The number of ether oxygens (including phenoxy) is 1. The highest BCUT2D eigenvalue weighted by molar-refractivity contribution is 8.00. The van der Waals surface area contributed by atoms with E-state index < -0.39 is 28.9 Å². The number of anilines is 1. The number of oxime groups is 1. The second kappa shape index (κ2) is 10.7. The molecule has 1 aromatic heterocycles. The van der Waals surface area contributed by atoms with Crippen LogP contribution in [-0.4, -0.2) is 101 Å². The van der Waals surface area contributed by atoms with Gasteiger partial charge in [-0.15, -0.1) is 23.1 Å². The molecule has 3 aliphatic heterocycles. The number of esters is 1. The lowest BCUT2D eigenvalue weighted by Crippen LogP contribution is -2.71. The number of nitrogens with zero attached hydrogens (tertiary/aromatic N) is 4. The van der Waals surface area contributed by atoms with Crippen LogP contribution in [0.5, 0.6) is 0 Å². The molecule has 12 nitrogen and oxygen atoms in total. The molecular formula is C22H31N7O5S2. The molecule has 1 aromatic rings. The van der Waals surface area contributed by atoms with Gasteiger partial charge in [-0.1, -0.05) is 5.16 Å². The van der Waals surface area contributed by atoms with Gasteiger partial charge in [0, 0.05) is 43.9 Å². The zero-order valence-electron chi connectivity index (χ0n) is 20.7. The summed E-state index contributed by atoms with van der Waals surface area (Å²) in [6.07, 6.45) is 0. The van der Waals surface area contributed by atoms with Crippen molar-refractivity contribution in [2.45, 2.75) is 37.8 Å². The molecule has 2 atom stereocenters. The van der Waals surface area contributed by atoms with Crippen LogP contribution in [0, 0.1) is 0 Å². The molecule has 2 amide bonds. The fourth-order valence-corrected chi connectivity index (χ4v) is 6.04. The van der Waals surface area contributed by atoms with Crippen LogP contribution in [0.1, 0.15) is 26.5 Å². The summed E-state index contributed by atoms with van der Waals surface area (Å²) in [5, 5.41) is 11.2. The van der Waals surface area contributed by atoms with Gasteiger partial charge in [0.25, 0.3) is 11.8 Å². The molecule has 0 radical (unpaired) electrons. The van der Waals surface area contributed by atoms with Crippen LogP contribution in [0.15, 0.2) is 21.8 Å². The van der Waals surface area contributed by atoms with E-state index in [1.807, 2.05) is 0 Å². The zero-order chi connectivity index (χ0) is 26.0. The number of fused-ring (bicyclic) bond motifs is 1. The number of β-lactam (4-membered cyclic amide) rings is 1. The average Bonchev–Trinajstić information content (AvgIpc) is 3.25. The highest BCUT2D eigenvalue weighted by Gasteiger charge is 2.55. The molecule has 4 N–H and O–H groups in total. The molecule has 2 saturated heterocycles. The summed E-state index contributed by atoms with van der Waals surface area (Å²) in [5.41, 5.74) is 6.27. The molecule has 0 saturated carbocycles. The van der Waals surface area contributed by atoms with Crippen molar-refractivity contribution < 1.29 is 24.0 Å². The van der Waals surface area contributed by atoms with Crippen LogP contribution in [0.25, 0.3) is 0 Å². The van der Waals surface area contributed by atoms with Crippen LogP contribution in [0.3, 0.4) is 0 Å².